The van der Waals surface area contributed by atoms with Crippen LogP contribution < -0.4 is 14.2 Å². The molecule has 0 saturated heterocycles. The van der Waals surface area contributed by atoms with Gasteiger partial charge in [-0.15, -0.1) is 10.2 Å². The van der Waals surface area contributed by atoms with Crippen molar-refractivity contribution in [3.05, 3.63) is 59.4 Å². The van der Waals surface area contributed by atoms with Crippen LogP contribution in [0.2, 0.25) is 0 Å². The highest BCUT2D eigenvalue weighted by Gasteiger charge is 2.15. The monoisotopic (exact) mass is 455 g/mol. The maximum absolute atomic E-state index is 12.7. The molecule has 0 aliphatic heterocycles. The Morgan fingerprint density at radius 3 is 2.44 bits per heavy atom. The number of aryl methyl sites for hydroxylation is 1. The second-order valence-electron chi connectivity index (χ2n) is 7.10. The summed E-state index contributed by atoms with van der Waals surface area (Å²) in [5, 5.41) is 9.25. The number of ketones is 1. The van der Waals surface area contributed by atoms with Gasteiger partial charge in [-0.25, -0.2) is 0 Å². The van der Waals surface area contributed by atoms with Crippen molar-refractivity contribution in [1.29, 1.82) is 0 Å². The van der Waals surface area contributed by atoms with Crippen molar-refractivity contribution < 1.29 is 19.0 Å². The molecule has 0 aliphatic carbocycles. The van der Waals surface area contributed by atoms with Gasteiger partial charge >= 0.3 is 0 Å². The van der Waals surface area contributed by atoms with Gasteiger partial charge in [-0.2, -0.15) is 0 Å². The number of rotatable bonds is 12. The Balaban J connectivity index is 1.61. The fraction of sp³-hybridized carbons (Fsp3) is 0.375. The van der Waals surface area contributed by atoms with E-state index in [9.17, 15) is 4.79 Å². The number of hydrogen-bond acceptors (Lipinski definition) is 7. The van der Waals surface area contributed by atoms with Crippen LogP contribution >= 0.6 is 11.8 Å². The topological polar surface area (TPSA) is 75.5 Å². The third-order valence-electron chi connectivity index (χ3n) is 5.06. The van der Waals surface area contributed by atoms with Gasteiger partial charge in [0, 0.05) is 19.0 Å². The number of nitrogens with zero attached hydrogens (tertiary/aromatic N) is 3. The molecule has 0 radical (unpaired) electrons. The van der Waals surface area contributed by atoms with Crippen LogP contribution in [0.5, 0.6) is 17.2 Å². The van der Waals surface area contributed by atoms with Gasteiger partial charge in [-0.3, -0.25) is 4.79 Å². The van der Waals surface area contributed by atoms with Gasteiger partial charge in [0.2, 0.25) is 0 Å². The predicted molar refractivity (Wildman–Crippen MR) is 125 cm³/mol. The molecule has 170 valence electrons. The van der Waals surface area contributed by atoms with E-state index in [0.29, 0.717) is 35.4 Å². The van der Waals surface area contributed by atoms with Gasteiger partial charge in [-0.1, -0.05) is 30.8 Å². The molecule has 0 spiro atoms. The lowest BCUT2D eigenvalue weighted by Crippen LogP contribution is -2.10. The highest BCUT2D eigenvalue weighted by atomic mass is 32.2. The van der Waals surface area contributed by atoms with Gasteiger partial charge in [0.1, 0.15) is 29.6 Å². The van der Waals surface area contributed by atoms with Crippen molar-refractivity contribution in [3.63, 3.8) is 0 Å². The Hall–Kier alpha value is -3.00. The maximum Gasteiger partial charge on any atom is 0.191 e. The van der Waals surface area contributed by atoms with Crippen molar-refractivity contribution in [1.82, 2.24) is 14.8 Å². The number of benzene rings is 2. The van der Waals surface area contributed by atoms with Crippen LogP contribution in [-0.4, -0.2) is 40.5 Å². The molecule has 0 N–H and O–H groups in total. The molecule has 2 aromatic carbocycles. The van der Waals surface area contributed by atoms with Gasteiger partial charge in [0.25, 0.3) is 0 Å². The Kier molecular flexibility index (Phi) is 8.56. The lowest BCUT2D eigenvalue weighted by Gasteiger charge is -2.11. The molecular weight excluding hydrogens is 426 g/mol. The first-order chi connectivity index (χ1) is 15.6. The summed E-state index contributed by atoms with van der Waals surface area (Å²) in [5.74, 6) is 3.38. The minimum absolute atomic E-state index is 0.137. The Morgan fingerprint density at radius 2 is 1.72 bits per heavy atom. The van der Waals surface area contributed by atoms with Crippen LogP contribution in [0.15, 0.2) is 47.6 Å². The maximum atomic E-state index is 12.7. The average Bonchev–Trinajstić information content (AvgIpc) is 3.23. The quantitative estimate of drug-likeness (QED) is 0.376. The Morgan fingerprint density at radius 1 is 0.969 bits per heavy atom. The predicted octanol–water partition coefficient (Wildman–Crippen LogP) is 4.36. The molecule has 0 bridgehead atoms. The molecule has 3 rings (SSSR count). The van der Waals surface area contributed by atoms with E-state index in [2.05, 4.69) is 17.1 Å². The summed E-state index contributed by atoms with van der Waals surface area (Å²) in [6.45, 7) is 5.08. The third-order valence-corrected chi connectivity index (χ3v) is 6.09. The van der Waals surface area contributed by atoms with Crippen LogP contribution in [0.25, 0.3) is 0 Å². The molecular formula is C24H29N3O4S. The number of carbonyl (C=O) groups excluding carboxylic acids is 1. The van der Waals surface area contributed by atoms with Gasteiger partial charge in [-0.05, 0) is 48.7 Å². The molecule has 0 fully saturated rings. The summed E-state index contributed by atoms with van der Waals surface area (Å²) < 4.78 is 18.4. The van der Waals surface area contributed by atoms with E-state index in [1.807, 2.05) is 54.0 Å². The molecule has 1 aromatic heterocycles. The van der Waals surface area contributed by atoms with Crippen LogP contribution in [-0.2, 0) is 30.8 Å². The first-order valence-corrected chi connectivity index (χ1v) is 11.6. The minimum Gasteiger partial charge on any atom is -0.497 e. The Bertz CT molecular complexity index is 1050. The minimum atomic E-state index is 0.137. The number of aromatic nitrogens is 3. The van der Waals surface area contributed by atoms with Crippen LogP contribution in [0.4, 0.5) is 0 Å². The number of thioether (sulfide) groups is 1. The zero-order chi connectivity index (χ0) is 22.9. The highest BCUT2D eigenvalue weighted by molar-refractivity contribution is 7.99. The lowest BCUT2D eigenvalue weighted by molar-refractivity contribution is -0.116. The molecule has 0 amide bonds. The molecule has 0 aliphatic rings. The Labute approximate surface area is 193 Å². The summed E-state index contributed by atoms with van der Waals surface area (Å²) in [5.41, 5.74) is 2.18. The van der Waals surface area contributed by atoms with Crippen molar-refractivity contribution in [2.45, 2.75) is 45.0 Å². The van der Waals surface area contributed by atoms with Crippen molar-refractivity contribution in [2.24, 2.45) is 0 Å². The van der Waals surface area contributed by atoms with E-state index in [1.54, 1.807) is 14.2 Å². The average molecular weight is 456 g/mol. The first kappa shape index (κ1) is 23.7. The molecule has 0 unspecified atom stereocenters. The zero-order valence-electron chi connectivity index (χ0n) is 19.0. The van der Waals surface area contributed by atoms with E-state index in [0.717, 1.165) is 29.0 Å². The second-order valence-corrected chi connectivity index (χ2v) is 8.05. The van der Waals surface area contributed by atoms with Crippen molar-refractivity contribution >= 4 is 17.5 Å². The van der Waals surface area contributed by atoms with Gasteiger partial charge < -0.3 is 18.8 Å². The highest BCUT2D eigenvalue weighted by Crippen LogP contribution is 2.23. The molecule has 32 heavy (non-hydrogen) atoms. The summed E-state index contributed by atoms with van der Waals surface area (Å²) in [7, 11) is 3.25. The zero-order valence-corrected chi connectivity index (χ0v) is 19.8. The van der Waals surface area contributed by atoms with Crippen LogP contribution in [0.1, 0.15) is 30.8 Å². The first-order valence-electron chi connectivity index (χ1n) is 10.6. The fourth-order valence-corrected chi connectivity index (χ4v) is 4.22. The molecule has 0 saturated carbocycles. The standard InChI is InChI=1S/C24H29N3O4S/c1-5-17-10-11-21(30-4)13-18(17)12-19(28)16-32-24-26-25-23(27(24)6-2)15-31-22-9-7-8-20(14-22)29-3/h7-11,13-14H,5-6,12,15-16H2,1-4H3. The summed E-state index contributed by atoms with van der Waals surface area (Å²) >= 11 is 1.40. The molecule has 0 atom stereocenters. The number of methoxy groups -OCH3 is 2. The molecule has 1 heterocycles. The second kappa shape index (κ2) is 11.6. The smallest absolute Gasteiger partial charge is 0.191 e. The lowest BCUT2D eigenvalue weighted by atomic mass is 10.0. The van der Waals surface area contributed by atoms with Crippen molar-refractivity contribution in [3.8, 4) is 17.2 Å². The van der Waals surface area contributed by atoms with E-state index >= 15 is 0 Å². The normalized spacial score (nSPS) is 10.8. The van der Waals surface area contributed by atoms with Crippen molar-refractivity contribution in [2.75, 3.05) is 20.0 Å². The molecule has 8 heteroatoms. The SMILES string of the molecule is CCc1ccc(OC)cc1CC(=O)CSc1nnc(COc2cccc(OC)c2)n1CC. The number of Topliss-reactive ketones (excluding diaryl/α,β-unsaturated/α-hetero) is 1. The summed E-state index contributed by atoms with van der Waals surface area (Å²) in [6, 6.07) is 13.3. The van der Waals surface area contributed by atoms with Crippen LogP contribution in [0.3, 0.4) is 0 Å². The summed E-state index contributed by atoms with van der Waals surface area (Å²) in [6.07, 6.45) is 1.25. The largest absolute Gasteiger partial charge is 0.497 e. The van der Waals surface area contributed by atoms with E-state index in [4.69, 9.17) is 14.2 Å². The number of ether oxygens (including phenoxy) is 3. The molecule has 3 aromatic rings. The fourth-order valence-electron chi connectivity index (χ4n) is 3.34. The number of carbonyl (C=O) groups is 1. The van der Waals surface area contributed by atoms with Crippen LogP contribution in [0, 0.1) is 0 Å². The molecule has 7 nitrogen and oxygen atoms in total. The number of hydrogen-bond donors (Lipinski definition) is 0. The third kappa shape index (κ3) is 6.03. The van der Waals surface area contributed by atoms with E-state index in [-0.39, 0.29) is 12.4 Å². The van der Waals surface area contributed by atoms with Gasteiger partial charge in [0.05, 0.1) is 20.0 Å². The van der Waals surface area contributed by atoms with E-state index in [1.165, 1.54) is 11.8 Å². The van der Waals surface area contributed by atoms with E-state index < -0.39 is 0 Å². The summed E-state index contributed by atoms with van der Waals surface area (Å²) in [4.78, 5) is 12.7. The van der Waals surface area contributed by atoms with Gasteiger partial charge in [0.15, 0.2) is 11.0 Å².